The second-order valence-corrected chi connectivity index (χ2v) is 10.4. The lowest BCUT2D eigenvalue weighted by Gasteiger charge is -2.12. The number of aryl methyl sites for hydroxylation is 1. The Hall–Kier alpha value is -3.73. The summed E-state index contributed by atoms with van der Waals surface area (Å²) in [6.07, 6.45) is 7.22. The number of alkyl halides is 3. The summed E-state index contributed by atoms with van der Waals surface area (Å²) in [4.78, 5) is 21.7. The normalized spacial score (nSPS) is 14.3. The molecule has 1 fully saturated rings. The molecule has 5 rings (SSSR count). The number of nitrogens with zero attached hydrogens (tertiary/aromatic N) is 5. The summed E-state index contributed by atoms with van der Waals surface area (Å²) in [7, 11) is 0. The molecule has 3 aromatic heterocycles. The summed E-state index contributed by atoms with van der Waals surface area (Å²) >= 11 is 0. The van der Waals surface area contributed by atoms with Crippen molar-refractivity contribution in [1.29, 1.82) is 0 Å². The molecule has 0 spiro atoms. The molecule has 1 aromatic carbocycles. The molecule has 11 heteroatoms. The molecule has 0 aliphatic heterocycles. The fourth-order valence-electron chi connectivity index (χ4n) is 5.48. The summed E-state index contributed by atoms with van der Waals surface area (Å²) < 4.78 is 50.7. The number of imidazole rings is 1. The minimum atomic E-state index is -4.59. The third kappa shape index (κ3) is 6.29. The summed E-state index contributed by atoms with van der Waals surface area (Å²) in [5.41, 5.74) is 2.99. The fraction of sp³-hybridized carbons (Fsp3) is 0.467. The molecule has 8 nitrogen and oxygen atoms in total. The zero-order chi connectivity index (χ0) is 29.0. The SMILES string of the molecule is CCCOCCNC(=O)c1ccc(Cc2nccn3c(-c4cn(C5CCCC5)nc4C(F)(F)F)cnc23)cc1CC. The summed E-state index contributed by atoms with van der Waals surface area (Å²) in [5, 5.41) is 6.89. The van der Waals surface area contributed by atoms with Gasteiger partial charge in [0, 0.05) is 43.7 Å². The van der Waals surface area contributed by atoms with Gasteiger partial charge in [0.1, 0.15) is 0 Å². The van der Waals surface area contributed by atoms with E-state index in [1.54, 1.807) is 22.9 Å². The molecular formula is C30H35F3N6O2. The van der Waals surface area contributed by atoms with Gasteiger partial charge in [-0.2, -0.15) is 18.3 Å². The average molecular weight is 569 g/mol. The quantitative estimate of drug-likeness (QED) is 0.223. The molecule has 4 aromatic rings. The molecule has 1 amide bonds. The second kappa shape index (κ2) is 12.4. The molecule has 0 bridgehead atoms. The number of fused-ring (bicyclic) bond motifs is 1. The number of rotatable bonds is 11. The highest BCUT2D eigenvalue weighted by Crippen LogP contribution is 2.39. The molecule has 0 atom stereocenters. The maximum atomic E-state index is 14.0. The Morgan fingerprint density at radius 1 is 1.15 bits per heavy atom. The first kappa shape index (κ1) is 28.8. The van der Waals surface area contributed by atoms with Gasteiger partial charge in [0.25, 0.3) is 5.91 Å². The Morgan fingerprint density at radius 3 is 2.68 bits per heavy atom. The minimum Gasteiger partial charge on any atom is -0.380 e. The van der Waals surface area contributed by atoms with Gasteiger partial charge >= 0.3 is 6.18 Å². The first-order valence-corrected chi connectivity index (χ1v) is 14.3. The van der Waals surface area contributed by atoms with Crippen LogP contribution in [0.15, 0.2) is 43.0 Å². The number of carbonyl (C=O) groups excluding carboxylic acids is 1. The van der Waals surface area contributed by atoms with Gasteiger partial charge in [0.05, 0.1) is 35.8 Å². The maximum Gasteiger partial charge on any atom is 0.435 e. The van der Waals surface area contributed by atoms with Crippen LogP contribution in [0.25, 0.3) is 16.9 Å². The molecule has 41 heavy (non-hydrogen) atoms. The van der Waals surface area contributed by atoms with E-state index in [0.29, 0.717) is 55.2 Å². The smallest absolute Gasteiger partial charge is 0.380 e. The Labute approximate surface area is 237 Å². The van der Waals surface area contributed by atoms with Gasteiger partial charge in [-0.05, 0) is 42.9 Å². The molecule has 0 saturated heterocycles. The van der Waals surface area contributed by atoms with Crippen molar-refractivity contribution in [1.82, 2.24) is 29.5 Å². The van der Waals surface area contributed by atoms with Gasteiger partial charge < -0.3 is 10.1 Å². The first-order valence-electron chi connectivity index (χ1n) is 14.3. The lowest BCUT2D eigenvalue weighted by Crippen LogP contribution is -2.28. The van der Waals surface area contributed by atoms with Crippen molar-refractivity contribution < 1.29 is 22.7 Å². The monoisotopic (exact) mass is 568 g/mol. The summed E-state index contributed by atoms with van der Waals surface area (Å²) in [6.45, 7) is 5.59. The van der Waals surface area contributed by atoms with Crippen LogP contribution < -0.4 is 5.32 Å². The van der Waals surface area contributed by atoms with E-state index in [1.165, 1.54) is 17.1 Å². The van der Waals surface area contributed by atoms with E-state index in [4.69, 9.17) is 4.74 Å². The van der Waals surface area contributed by atoms with Crippen LogP contribution in [0.4, 0.5) is 13.2 Å². The Kier molecular flexibility index (Phi) is 8.72. The molecule has 3 heterocycles. The number of hydrogen-bond donors (Lipinski definition) is 1. The lowest BCUT2D eigenvalue weighted by molar-refractivity contribution is -0.141. The van der Waals surface area contributed by atoms with E-state index in [1.807, 2.05) is 26.0 Å². The van der Waals surface area contributed by atoms with Crippen LogP contribution in [-0.4, -0.2) is 49.8 Å². The zero-order valence-electron chi connectivity index (χ0n) is 23.4. The molecular weight excluding hydrogens is 533 g/mol. The third-order valence-corrected chi connectivity index (χ3v) is 7.52. The molecule has 0 unspecified atom stereocenters. The Morgan fingerprint density at radius 2 is 1.95 bits per heavy atom. The average Bonchev–Trinajstić information content (AvgIpc) is 3.72. The van der Waals surface area contributed by atoms with Crippen molar-refractivity contribution in [2.24, 2.45) is 0 Å². The number of carbonyl (C=O) groups is 1. The fourth-order valence-corrected chi connectivity index (χ4v) is 5.48. The van der Waals surface area contributed by atoms with Gasteiger partial charge in [0.2, 0.25) is 0 Å². The number of halogens is 3. The summed E-state index contributed by atoms with van der Waals surface area (Å²) in [5.74, 6) is -0.148. The van der Waals surface area contributed by atoms with E-state index >= 15 is 0 Å². The van der Waals surface area contributed by atoms with Crippen LogP contribution >= 0.6 is 0 Å². The number of benzene rings is 1. The van der Waals surface area contributed by atoms with E-state index in [-0.39, 0.29) is 17.5 Å². The summed E-state index contributed by atoms with van der Waals surface area (Å²) in [6, 6.07) is 5.64. The largest absolute Gasteiger partial charge is 0.435 e. The predicted molar refractivity (Wildman–Crippen MR) is 149 cm³/mol. The predicted octanol–water partition coefficient (Wildman–Crippen LogP) is 6.04. The third-order valence-electron chi connectivity index (χ3n) is 7.52. The zero-order valence-corrected chi connectivity index (χ0v) is 23.4. The van der Waals surface area contributed by atoms with E-state index in [0.717, 1.165) is 43.2 Å². The number of nitrogens with one attached hydrogen (secondary N) is 1. The number of amides is 1. The maximum absolute atomic E-state index is 14.0. The van der Waals surface area contributed by atoms with Crippen molar-refractivity contribution in [3.63, 3.8) is 0 Å². The van der Waals surface area contributed by atoms with Crippen LogP contribution in [0.1, 0.15) is 84.9 Å². The number of ether oxygens (including phenoxy) is 1. The van der Waals surface area contributed by atoms with Gasteiger partial charge in [-0.3, -0.25) is 18.9 Å². The minimum absolute atomic E-state index is 0.0118. The van der Waals surface area contributed by atoms with Crippen molar-refractivity contribution in [3.8, 4) is 11.3 Å². The molecule has 1 saturated carbocycles. The molecule has 1 N–H and O–H groups in total. The molecule has 1 aliphatic carbocycles. The topological polar surface area (TPSA) is 86.3 Å². The van der Waals surface area contributed by atoms with Gasteiger partial charge in [-0.25, -0.2) is 4.98 Å². The molecule has 218 valence electrons. The molecule has 0 radical (unpaired) electrons. The van der Waals surface area contributed by atoms with Gasteiger partial charge in [0.15, 0.2) is 11.3 Å². The molecule has 1 aliphatic rings. The van der Waals surface area contributed by atoms with Crippen LogP contribution in [0.5, 0.6) is 0 Å². The van der Waals surface area contributed by atoms with Crippen molar-refractivity contribution in [2.75, 3.05) is 19.8 Å². The van der Waals surface area contributed by atoms with Crippen molar-refractivity contribution >= 4 is 11.6 Å². The van der Waals surface area contributed by atoms with Crippen LogP contribution in [0.3, 0.4) is 0 Å². The van der Waals surface area contributed by atoms with E-state index in [9.17, 15) is 18.0 Å². The van der Waals surface area contributed by atoms with Gasteiger partial charge in [-0.1, -0.05) is 38.8 Å². The van der Waals surface area contributed by atoms with Crippen molar-refractivity contribution in [3.05, 3.63) is 71.1 Å². The van der Waals surface area contributed by atoms with Crippen molar-refractivity contribution in [2.45, 2.75) is 71.0 Å². The van der Waals surface area contributed by atoms with Crippen LogP contribution in [0, 0.1) is 0 Å². The standard InChI is InChI=1S/C30H35F3N6O2/c1-3-14-41-15-12-35-29(40)23-10-9-20(16-21(23)4-2)17-25-28-36-18-26(38(28)13-11-34-25)24-19-39(22-7-5-6-8-22)37-27(24)30(31,32)33/h9-11,13,16,18-19,22H,3-8,12,14-15,17H2,1-2H3,(H,35,40). The highest BCUT2D eigenvalue weighted by Gasteiger charge is 2.39. The van der Waals surface area contributed by atoms with Crippen LogP contribution in [-0.2, 0) is 23.8 Å². The van der Waals surface area contributed by atoms with E-state index < -0.39 is 11.9 Å². The Bertz CT molecular complexity index is 1500. The second-order valence-electron chi connectivity index (χ2n) is 10.4. The Balaban J connectivity index is 1.40. The number of hydrogen-bond acceptors (Lipinski definition) is 5. The highest BCUT2D eigenvalue weighted by molar-refractivity contribution is 5.95. The first-order chi connectivity index (χ1) is 19.8. The lowest BCUT2D eigenvalue weighted by atomic mass is 9.99. The van der Waals surface area contributed by atoms with E-state index in [2.05, 4.69) is 20.4 Å². The number of aromatic nitrogens is 5. The van der Waals surface area contributed by atoms with Gasteiger partial charge in [-0.15, -0.1) is 0 Å². The highest BCUT2D eigenvalue weighted by atomic mass is 19.4. The van der Waals surface area contributed by atoms with Crippen LogP contribution in [0.2, 0.25) is 0 Å².